The van der Waals surface area contributed by atoms with Crippen molar-refractivity contribution in [1.82, 2.24) is 4.57 Å². The van der Waals surface area contributed by atoms with Crippen LogP contribution in [0.3, 0.4) is 0 Å². The number of allylic oxidation sites excluding steroid dienone is 4. The first-order valence-corrected chi connectivity index (χ1v) is 18.7. The maximum absolute atomic E-state index is 2.48. The Morgan fingerprint density at radius 1 is 0.472 bits per heavy atom. The fourth-order valence-corrected chi connectivity index (χ4v) is 8.83. The summed E-state index contributed by atoms with van der Waals surface area (Å²) in [6.07, 6.45) is 6.62. The Kier molecular flexibility index (Phi) is 7.33. The van der Waals surface area contributed by atoms with Gasteiger partial charge in [-0.05, 0) is 118 Å². The van der Waals surface area contributed by atoms with Crippen molar-refractivity contribution in [3.8, 4) is 27.9 Å². The van der Waals surface area contributed by atoms with E-state index < -0.39 is 0 Å². The number of benzene rings is 7. The molecule has 0 aliphatic heterocycles. The van der Waals surface area contributed by atoms with Crippen LogP contribution in [0.4, 0.5) is 11.4 Å². The lowest BCUT2D eigenvalue weighted by Gasteiger charge is -2.31. The van der Waals surface area contributed by atoms with Gasteiger partial charge in [-0.3, -0.25) is 0 Å². The summed E-state index contributed by atoms with van der Waals surface area (Å²) in [7, 11) is 0. The van der Waals surface area contributed by atoms with Gasteiger partial charge in [-0.1, -0.05) is 135 Å². The molecular formula is C51H40N2. The minimum Gasteiger partial charge on any atom is -0.314 e. The van der Waals surface area contributed by atoms with Gasteiger partial charge in [0.1, 0.15) is 0 Å². The molecule has 2 aliphatic rings. The van der Waals surface area contributed by atoms with Crippen molar-refractivity contribution >= 4 is 38.8 Å². The Morgan fingerprint density at radius 3 is 1.91 bits per heavy atom. The van der Waals surface area contributed by atoms with Crippen LogP contribution in [0.25, 0.3) is 55.3 Å². The van der Waals surface area contributed by atoms with Crippen LogP contribution in [0, 0.1) is 0 Å². The number of rotatable bonds is 6. The predicted molar refractivity (Wildman–Crippen MR) is 224 cm³/mol. The van der Waals surface area contributed by atoms with E-state index in [0.29, 0.717) is 0 Å². The van der Waals surface area contributed by atoms with Gasteiger partial charge in [-0.25, -0.2) is 0 Å². The molecule has 2 aliphatic carbocycles. The lowest BCUT2D eigenvalue weighted by molar-refractivity contribution is 0.660. The summed E-state index contributed by atoms with van der Waals surface area (Å²) < 4.78 is 2.39. The van der Waals surface area contributed by atoms with Crippen LogP contribution in [0.15, 0.2) is 188 Å². The Morgan fingerprint density at radius 2 is 1.11 bits per heavy atom. The molecule has 254 valence electrons. The van der Waals surface area contributed by atoms with E-state index in [2.05, 4.69) is 205 Å². The Balaban J connectivity index is 1.06. The third-order valence-corrected chi connectivity index (χ3v) is 11.5. The van der Waals surface area contributed by atoms with E-state index in [1.165, 1.54) is 89.1 Å². The summed E-state index contributed by atoms with van der Waals surface area (Å²) in [6, 6.07) is 62.2. The summed E-state index contributed by atoms with van der Waals surface area (Å²) in [5, 5.41) is 2.58. The summed E-state index contributed by atoms with van der Waals surface area (Å²) in [5.74, 6) is 0. The fraction of sp³-hybridized carbons (Fsp3) is 0.0980. The second-order valence-electron chi connectivity index (χ2n) is 14.9. The van der Waals surface area contributed by atoms with Gasteiger partial charge < -0.3 is 9.47 Å². The first kappa shape index (κ1) is 31.4. The molecule has 8 aromatic rings. The highest BCUT2D eigenvalue weighted by Crippen LogP contribution is 2.50. The van der Waals surface area contributed by atoms with Crippen molar-refractivity contribution in [2.45, 2.75) is 32.1 Å². The van der Waals surface area contributed by atoms with Crippen molar-refractivity contribution in [2.24, 2.45) is 0 Å². The highest BCUT2D eigenvalue weighted by Gasteiger charge is 2.36. The summed E-state index contributed by atoms with van der Waals surface area (Å²) >= 11 is 0. The molecule has 1 heterocycles. The average molecular weight is 681 g/mol. The summed E-state index contributed by atoms with van der Waals surface area (Å²) in [6.45, 7) is 4.73. The number of aromatic nitrogens is 1. The van der Waals surface area contributed by atoms with Crippen LogP contribution in [0.5, 0.6) is 0 Å². The number of hydrogen-bond acceptors (Lipinski definition) is 1. The van der Waals surface area contributed by atoms with Gasteiger partial charge in [-0.15, -0.1) is 0 Å². The van der Waals surface area contributed by atoms with Crippen molar-refractivity contribution in [2.75, 3.05) is 4.90 Å². The number of para-hydroxylation sites is 2. The van der Waals surface area contributed by atoms with E-state index in [-0.39, 0.29) is 5.41 Å². The molecule has 0 spiro atoms. The number of anilines is 2. The smallest absolute Gasteiger partial charge is 0.0541 e. The summed E-state index contributed by atoms with van der Waals surface area (Å²) in [5.41, 5.74) is 17.9. The maximum Gasteiger partial charge on any atom is 0.0541 e. The standard InChI is InChI=1S/C51H40N2/c1-51(2)47-19-11-9-17-43(47)44-31-30-42(34-48(44)51)52(40-26-21-36(22-27-40)35-13-5-3-6-14-35)41-28-23-37(24-29-41)38-25-32-50-46(33-38)45-18-10-12-20-49(45)53(50)39-15-7-4-8-16-39/h3-23,25-28,30-34H,24,29H2,1-2H3. The predicted octanol–water partition coefficient (Wildman–Crippen LogP) is 13.7. The number of fused-ring (bicyclic) bond motifs is 6. The van der Waals surface area contributed by atoms with Gasteiger partial charge in [0.15, 0.2) is 0 Å². The van der Waals surface area contributed by atoms with E-state index in [1.54, 1.807) is 0 Å². The molecule has 0 fully saturated rings. The second-order valence-corrected chi connectivity index (χ2v) is 14.9. The second kappa shape index (κ2) is 12.4. The molecule has 0 saturated heterocycles. The molecule has 7 aromatic carbocycles. The average Bonchev–Trinajstić information content (AvgIpc) is 3.67. The number of nitrogens with zero attached hydrogens (tertiary/aromatic N) is 2. The molecule has 0 atom stereocenters. The van der Waals surface area contributed by atoms with Crippen molar-refractivity contribution in [3.05, 3.63) is 204 Å². The molecule has 0 saturated carbocycles. The molecule has 0 radical (unpaired) electrons. The van der Waals surface area contributed by atoms with Gasteiger partial charge >= 0.3 is 0 Å². The molecule has 0 amide bonds. The minimum absolute atomic E-state index is 0.0684. The van der Waals surface area contributed by atoms with Crippen LogP contribution in [-0.4, -0.2) is 4.57 Å². The van der Waals surface area contributed by atoms with Crippen LogP contribution in [0.2, 0.25) is 0 Å². The van der Waals surface area contributed by atoms with Gasteiger partial charge in [0.25, 0.3) is 0 Å². The van der Waals surface area contributed by atoms with Crippen molar-refractivity contribution < 1.29 is 0 Å². The highest BCUT2D eigenvalue weighted by molar-refractivity contribution is 6.10. The maximum atomic E-state index is 2.48. The first-order valence-electron chi connectivity index (χ1n) is 18.7. The van der Waals surface area contributed by atoms with Crippen LogP contribution in [-0.2, 0) is 5.41 Å². The number of hydrogen-bond donors (Lipinski definition) is 0. The van der Waals surface area contributed by atoms with E-state index in [1.807, 2.05) is 0 Å². The van der Waals surface area contributed by atoms with Crippen LogP contribution >= 0.6 is 0 Å². The van der Waals surface area contributed by atoms with Gasteiger partial charge in [0.05, 0.1) is 11.0 Å². The molecule has 0 bridgehead atoms. The Labute approximate surface area is 311 Å². The van der Waals surface area contributed by atoms with Gasteiger partial charge in [0, 0.05) is 38.9 Å². The molecule has 53 heavy (non-hydrogen) atoms. The normalized spacial score (nSPS) is 14.5. The molecule has 10 rings (SSSR count). The lowest BCUT2D eigenvalue weighted by atomic mass is 9.82. The summed E-state index contributed by atoms with van der Waals surface area (Å²) in [4.78, 5) is 2.48. The molecular weight excluding hydrogens is 641 g/mol. The van der Waals surface area contributed by atoms with E-state index >= 15 is 0 Å². The zero-order valence-electron chi connectivity index (χ0n) is 30.1. The molecule has 1 aromatic heterocycles. The van der Waals surface area contributed by atoms with E-state index in [4.69, 9.17) is 0 Å². The first-order chi connectivity index (χ1) is 26.0. The molecule has 2 heteroatoms. The van der Waals surface area contributed by atoms with Crippen LogP contribution in [0.1, 0.15) is 43.4 Å². The van der Waals surface area contributed by atoms with E-state index in [9.17, 15) is 0 Å². The monoisotopic (exact) mass is 680 g/mol. The van der Waals surface area contributed by atoms with E-state index in [0.717, 1.165) is 12.8 Å². The Hall–Kier alpha value is -6.38. The third-order valence-electron chi connectivity index (χ3n) is 11.5. The van der Waals surface area contributed by atoms with Gasteiger partial charge in [-0.2, -0.15) is 0 Å². The third kappa shape index (κ3) is 5.17. The topological polar surface area (TPSA) is 8.17 Å². The SMILES string of the molecule is CC1(C)c2ccccc2-c2ccc(N(C3=CC=C(c4ccc5c(c4)c4ccccc4n5-c4ccccc4)CC3)c3ccc(-c4ccccc4)cc3)cc21. The van der Waals surface area contributed by atoms with Crippen molar-refractivity contribution in [3.63, 3.8) is 0 Å². The lowest BCUT2D eigenvalue weighted by Crippen LogP contribution is -2.20. The van der Waals surface area contributed by atoms with Gasteiger partial charge in [0.2, 0.25) is 0 Å². The fourth-order valence-electron chi connectivity index (χ4n) is 8.83. The molecule has 2 nitrogen and oxygen atoms in total. The molecule has 0 N–H and O–H groups in total. The quantitative estimate of drug-likeness (QED) is 0.170. The zero-order chi connectivity index (χ0) is 35.5. The largest absolute Gasteiger partial charge is 0.314 e. The molecule has 0 unspecified atom stereocenters. The Bertz CT molecular complexity index is 2730. The van der Waals surface area contributed by atoms with Crippen molar-refractivity contribution in [1.29, 1.82) is 0 Å². The van der Waals surface area contributed by atoms with Crippen LogP contribution < -0.4 is 4.90 Å². The zero-order valence-corrected chi connectivity index (χ0v) is 30.1. The minimum atomic E-state index is -0.0684. The highest BCUT2D eigenvalue weighted by atomic mass is 15.1.